The molecule has 0 spiro atoms. The number of nitrogens with two attached hydrogens (primary N) is 1. The van der Waals surface area contributed by atoms with Crippen LogP contribution in [-0.4, -0.2) is 16.6 Å². The standard InChI is InChI=1S/C14H23N3O/c1-3-18-14(7-4-11(2)5-8-14)13-16-9-6-12(10-15)17-13/h6,9,11H,3-5,7-8,10,15H2,1-2H3. The minimum Gasteiger partial charge on any atom is -0.367 e. The molecule has 1 aliphatic rings. The summed E-state index contributed by atoms with van der Waals surface area (Å²) in [5.74, 6) is 1.59. The molecule has 0 radical (unpaired) electrons. The van der Waals surface area contributed by atoms with Gasteiger partial charge < -0.3 is 10.5 Å². The molecule has 4 heteroatoms. The molecule has 0 atom stereocenters. The van der Waals surface area contributed by atoms with Gasteiger partial charge in [0, 0.05) is 19.3 Å². The summed E-state index contributed by atoms with van der Waals surface area (Å²) in [6, 6.07) is 1.87. The second kappa shape index (κ2) is 5.76. The van der Waals surface area contributed by atoms with E-state index >= 15 is 0 Å². The molecule has 1 fully saturated rings. The summed E-state index contributed by atoms with van der Waals surface area (Å²) >= 11 is 0. The SMILES string of the molecule is CCOC1(c2nccc(CN)n2)CCC(C)CC1. The van der Waals surface area contributed by atoms with Gasteiger partial charge in [-0.15, -0.1) is 0 Å². The fourth-order valence-electron chi connectivity index (χ4n) is 2.67. The van der Waals surface area contributed by atoms with Crippen LogP contribution in [0.3, 0.4) is 0 Å². The van der Waals surface area contributed by atoms with E-state index in [0.29, 0.717) is 13.2 Å². The molecule has 0 aliphatic heterocycles. The first-order valence-corrected chi connectivity index (χ1v) is 6.86. The first kappa shape index (κ1) is 13.4. The highest BCUT2D eigenvalue weighted by molar-refractivity contribution is 5.10. The maximum absolute atomic E-state index is 6.04. The zero-order chi connectivity index (χ0) is 13.0. The lowest BCUT2D eigenvalue weighted by molar-refractivity contribution is -0.0838. The molecule has 4 nitrogen and oxygen atoms in total. The van der Waals surface area contributed by atoms with Gasteiger partial charge in [0.05, 0.1) is 5.69 Å². The van der Waals surface area contributed by atoms with Crippen LogP contribution >= 0.6 is 0 Å². The third-order valence-corrected chi connectivity index (χ3v) is 3.83. The Labute approximate surface area is 109 Å². The smallest absolute Gasteiger partial charge is 0.160 e. The molecule has 2 N–H and O–H groups in total. The van der Waals surface area contributed by atoms with Gasteiger partial charge in [-0.25, -0.2) is 9.97 Å². The van der Waals surface area contributed by atoms with Gasteiger partial charge in [0.2, 0.25) is 0 Å². The molecule has 1 aromatic heterocycles. The molecule has 1 aliphatic carbocycles. The second-order valence-corrected chi connectivity index (χ2v) is 5.19. The Balaban J connectivity index is 2.28. The number of hydrogen-bond donors (Lipinski definition) is 1. The summed E-state index contributed by atoms with van der Waals surface area (Å²) in [4.78, 5) is 9.00. The van der Waals surface area contributed by atoms with Crippen LogP contribution in [0.25, 0.3) is 0 Å². The highest BCUT2D eigenvalue weighted by Crippen LogP contribution is 2.40. The van der Waals surface area contributed by atoms with E-state index in [1.54, 1.807) is 6.20 Å². The van der Waals surface area contributed by atoms with Crippen molar-refractivity contribution in [3.63, 3.8) is 0 Å². The zero-order valence-electron chi connectivity index (χ0n) is 11.4. The van der Waals surface area contributed by atoms with Crippen LogP contribution in [0.4, 0.5) is 0 Å². The molecule has 0 amide bonds. The molecule has 0 aromatic carbocycles. The molecule has 1 saturated carbocycles. The zero-order valence-corrected chi connectivity index (χ0v) is 11.4. The Kier molecular flexibility index (Phi) is 4.30. The fraction of sp³-hybridized carbons (Fsp3) is 0.714. The summed E-state index contributed by atoms with van der Waals surface area (Å²) in [5, 5.41) is 0. The quantitative estimate of drug-likeness (QED) is 0.890. The van der Waals surface area contributed by atoms with Crippen molar-refractivity contribution in [2.24, 2.45) is 11.7 Å². The highest BCUT2D eigenvalue weighted by Gasteiger charge is 2.39. The second-order valence-electron chi connectivity index (χ2n) is 5.19. The molecule has 0 bridgehead atoms. The largest absolute Gasteiger partial charge is 0.367 e. The van der Waals surface area contributed by atoms with E-state index in [2.05, 4.69) is 16.9 Å². The molecule has 1 heterocycles. The van der Waals surface area contributed by atoms with Gasteiger partial charge in [0.1, 0.15) is 5.60 Å². The molecule has 1 aromatic rings. The van der Waals surface area contributed by atoms with Gasteiger partial charge in [-0.1, -0.05) is 6.92 Å². The Hall–Kier alpha value is -1.00. The van der Waals surface area contributed by atoms with E-state index in [1.165, 1.54) is 12.8 Å². The lowest BCUT2D eigenvalue weighted by Gasteiger charge is -2.37. The Morgan fingerprint density at radius 3 is 2.78 bits per heavy atom. The summed E-state index contributed by atoms with van der Waals surface area (Å²) in [6.45, 7) is 5.48. The third kappa shape index (κ3) is 2.70. The van der Waals surface area contributed by atoms with Gasteiger partial charge in [-0.05, 0) is 44.6 Å². The van der Waals surface area contributed by atoms with Crippen molar-refractivity contribution in [3.05, 3.63) is 23.8 Å². The predicted molar refractivity (Wildman–Crippen MR) is 70.9 cm³/mol. The molecular formula is C14H23N3O. The van der Waals surface area contributed by atoms with E-state index in [0.717, 1.165) is 30.3 Å². The van der Waals surface area contributed by atoms with Gasteiger partial charge in [0.25, 0.3) is 0 Å². The lowest BCUT2D eigenvalue weighted by Crippen LogP contribution is -2.36. The number of aromatic nitrogens is 2. The van der Waals surface area contributed by atoms with E-state index in [1.807, 2.05) is 13.0 Å². The van der Waals surface area contributed by atoms with Crippen molar-refractivity contribution < 1.29 is 4.74 Å². The maximum Gasteiger partial charge on any atom is 0.160 e. The summed E-state index contributed by atoms with van der Waals surface area (Å²) < 4.78 is 6.04. The van der Waals surface area contributed by atoms with Crippen LogP contribution < -0.4 is 5.73 Å². The van der Waals surface area contributed by atoms with E-state index < -0.39 is 0 Å². The van der Waals surface area contributed by atoms with Crippen LogP contribution in [0.15, 0.2) is 12.3 Å². The normalized spacial score (nSPS) is 28.3. The van der Waals surface area contributed by atoms with E-state index in [-0.39, 0.29) is 5.60 Å². The third-order valence-electron chi connectivity index (χ3n) is 3.83. The molecule has 2 rings (SSSR count). The monoisotopic (exact) mass is 249 g/mol. The Bertz CT molecular complexity index is 386. The first-order valence-electron chi connectivity index (χ1n) is 6.86. The summed E-state index contributed by atoms with van der Waals surface area (Å²) in [5.41, 5.74) is 6.26. The van der Waals surface area contributed by atoms with Crippen molar-refractivity contribution in [2.45, 2.75) is 51.7 Å². The average Bonchev–Trinajstić information content (AvgIpc) is 2.42. The van der Waals surface area contributed by atoms with Gasteiger partial charge in [-0.2, -0.15) is 0 Å². The minimum absolute atomic E-state index is 0.285. The minimum atomic E-state index is -0.285. The number of nitrogens with zero attached hydrogens (tertiary/aromatic N) is 2. The lowest BCUT2D eigenvalue weighted by atomic mass is 9.79. The van der Waals surface area contributed by atoms with Crippen LogP contribution in [0.5, 0.6) is 0 Å². The molecular weight excluding hydrogens is 226 g/mol. The predicted octanol–water partition coefficient (Wildman–Crippen LogP) is 2.38. The van der Waals surface area contributed by atoms with Gasteiger partial charge in [-0.3, -0.25) is 0 Å². The van der Waals surface area contributed by atoms with Crippen molar-refractivity contribution in [1.29, 1.82) is 0 Å². The van der Waals surface area contributed by atoms with Crippen molar-refractivity contribution in [1.82, 2.24) is 9.97 Å². The molecule has 100 valence electrons. The van der Waals surface area contributed by atoms with E-state index in [9.17, 15) is 0 Å². The summed E-state index contributed by atoms with van der Waals surface area (Å²) in [6.07, 6.45) is 6.17. The number of hydrogen-bond acceptors (Lipinski definition) is 4. The van der Waals surface area contributed by atoms with Crippen LogP contribution in [0, 0.1) is 5.92 Å². The van der Waals surface area contributed by atoms with Crippen molar-refractivity contribution in [3.8, 4) is 0 Å². The van der Waals surface area contributed by atoms with Gasteiger partial charge in [0.15, 0.2) is 5.82 Å². The van der Waals surface area contributed by atoms with Crippen molar-refractivity contribution >= 4 is 0 Å². The van der Waals surface area contributed by atoms with E-state index in [4.69, 9.17) is 10.5 Å². The number of rotatable bonds is 4. The topological polar surface area (TPSA) is 61.0 Å². The van der Waals surface area contributed by atoms with Crippen molar-refractivity contribution in [2.75, 3.05) is 6.61 Å². The van der Waals surface area contributed by atoms with Crippen LogP contribution in [-0.2, 0) is 16.9 Å². The maximum atomic E-state index is 6.04. The molecule has 18 heavy (non-hydrogen) atoms. The average molecular weight is 249 g/mol. The highest BCUT2D eigenvalue weighted by atomic mass is 16.5. The molecule has 0 saturated heterocycles. The van der Waals surface area contributed by atoms with Crippen LogP contribution in [0.1, 0.15) is 51.0 Å². The Morgan fingerprint density at radius 2 is 2.17 bits per heavy atom. The van der Waals surface area contributed by atoms with Crippen LogP contribution in [0.2, 0.25) is 0 Å². The first-order chi connectivity index (χ1) is 8.70. The molecule has 0 unspecified atom stereocenters. The Morgan fingerprint density at radius 1 is 1.44 bits per heavy atom. The van der Waals surface area contributed by atoms with Gasteiger partial charge >= 0.3 is 0 Å². The summed E-state index contributed by atoms with van der Waals surface area (Å²) in [7, 11) is 0. The fourth-order valence-corrected chi connectivity index (χ4v) is 2.67. The number of ether oxygens (including phenoxy) is 1.